The van der Waals surface area contributed by atoms with Crippen LogP contribution >= 0.6 is 35.0 Å². The Bertz CT molecular complexity index is 1410. The van der Waals surface area contributed by atoms with E-state index < -0.39 is 0 Å². The number of halogens is 2. The van der Waals surface area contributed by atoms with Crippen molar-refractivity contribution < 1.29 is 4.79 Å². The van der Waals surface area contributed by atoms with Gasteiger partial charge in [-0.3, -0.25) is 19.4 Å². The molecule has 7 nitrogen and oxygen atoms in total. The first-order valence-corrected chi connectivity index (χ1v) is 12.8. The maximum Gasteiger partial charge on any atom is 0.257 e. The summed E-state index contributed by atoms with van der Waals surface area (Å²) in [5.74, 6) is 1.58. The SMILES string of the molecule is Cc1ncccc1NC(=O)c1ccc(-c2nn(C)c3c2C(c2ccc(Cl)cc2Cl)SCCN3)nc1. The van der Waals surface area contributed by atoms with Gasteiger partial charge in [0.15, 0.2) is 0 Å². The Labute approximate surface area is 217 Å². The fourth-order valence-corrected chi connectivity index (χ4v) is 5.87. The number of carbonyl (C=O) groups excluding carboxylic acids is 1. The van der Waals surface area contributed by atoms with E-state index in [2.05, 4.69) is 20.6 Å². The van der Waals surface area contributed by atoms with E-state index in [9.17, 15) is 4.79 Å². The molecule has 0 spiro atoms. The number of benzene rings is 1. The smallest absolute Gasteiger partial charge is 0.257 e. The maximum absolute atomic E-state index is 12.8. The fourth-order valence-electron chi connectivity index (χ4n) is 4.06. The third-order valence-corrected chi connectivity index (χ3v) is 7.62. The van der Waals surface area contributed by atoms with Gasteiger partial charge in [0, 0.05) is 47.3 Å². The van der Waals surface area contributed by atoms with Gasteiger partial charge >= 0.3 is 0 Å². The second-order valence-electron chi connectivity index (χ2n) is 8.10. The topological polar surface area (TPSA) is 84.7 Å². The summed E-state index contributed by atoms with van der Waals surface area (Å²) in [6, 6.07) is 12.8. The monoisotopic (exact) mass is 524 g/mol. The van der Waals surface area contributed by atoms with Crippen molar-refractivity contribution in [3.05, 3.63) is 87.3 Å². The van der Waals surface area contributed by atoms with Gasteiger partial charge in [-0.15, -0.1) is 11.8 Å². The highest BCUT2D eigenvalue weighted by molar-refractivity contribution is 7.99. The van der Waals surface area contributed by atoms with Crippen molar-refractivity contribution in [2.45, 2.75) is 12.2 Å². The maximum atomic E-state index is 12.8. The molecule has 0 fully saturated rings. The van der Waals surface area contributed by atoms with Crippen LogP contribution in [0.1, 0.15) is 32.4 Å². The van der Waals surface area contributed by atoms with Crippen LogP contribution in [0.3, 0.4) is 0 Å². The lowest BCUT2D eigenvalue weighted by atomic mass is 10.0. The summed E-state index contributed by atoms with van der Waals surface area (Å²) in [5.41, 5.74) is 5.27. The van der Waals surface area contributed by atoms with Gasteiger partial charge in [-0.25, -0.2) is 0 Å². The summed E-state index contributed by atoms with van der Waals surface area (Å²) < 4.78 is 1.83. The third kappa shape index (κ3) is 4.74. The van der Waals surface area contributed by atoms with Crippen LogP contribution in [0.25, 0.3) is 11.4 Å². The molecule has 1 aliphatic heterocycles. The number of thioether (sulfide) groups is 1. The van der Waals surface area contributed by atoms with Crippen LogP contribution in [0, 0.1) is 6.92 Å². The first kappa shape index (κ1) is 23.7. The Morgan fingerprint density at radius 3 is 2.80 bits per heavy atom. The van der Waals surface area contributed by atoms with E-state index in [1.165, 1.54) is 0 Å². The van der Waals surface area contributed by atoms with Crippen LogP contribution < -0.4 is 10.6 Å². The number of aryl methyl sites for hydroxylation is 2. The van der Waals surface area contributed by atoms with Crippen LogP contribution in [-0.4, -0.2) is 38.0 Å². The second-order valence-corrected chi connectivity index (χ2v) is 10.2. The molecule has 2 N–H and O–H groups in total. The number of hydrogen-bond acceptors (Lipinski definition) is 6. The second kappa shape index (κ2) is 9.89. The molecule has 1 aliphatic rings. The van der Waals surface area contributed by atoms with Gasteiger partial charge in [-0.1, -0.05) is 29.3 Å². The number of pyridine rings is 2. The first-order chi connectivity index (χ1) is 16.9. The summed E-state index contributed by atoms with van der Waals surface area (Å²) >= 11 is 14.6. The molecule has 5 rings (SSSR count). The van der Waals surface area contributed by atoms with E-state index in [0.29, 0.717) is 27.0 Å². The predicted molar refractivity (Wildman–Crippen MR) is 143 cm³/mol. The van der Waals surface area contributed by atoms with E-state index in [-0.39, 0.29) is 11.2 Å². The van der Waals surface area contributed by atoms with E-state index >= 15 is 0 Å². The standard InChI is InChI=1S/C25H22Cl2N6OS/c1-14-19(4-3-9-28-14)31-25(34)15-5-8-20(30-13-15)22-21-23(17-7-6-16(26)12-18(17)27)35-11-10-29-24(21)33(2)32-22/h3-9,12-13,23,29H,10-11H2,1-2H3,(H,31,34). The highest BCUT2D eigenvalue weighted by Gasteiger charge is 2.30. The Hall–Kier alpha value is -3.07. The summed E-state index contributed by atoms with van der Waals surface area (Å²) in [5, 5.41) is 12.3. The Morgan fingerprint density at radius 2 is 2.06 bits per heavy atom. The van der Waals surface area contributed by atoms with Crippen molar-refractivity contribution in [3.8, 4) is 11.4 Å². The van der Waals surface area contributed by atoms with Crippen molar-refractivity contribution in [1.82, 2.24) is 19.7 Å². The summed E-state index contributed by atoms with van der Waals surface area (Å²) in [4.78, 5) is 21.6. The fraction of sp³-hybridized carbons (Fsp3) is 0.200. The highest BCUT2D eigenvalue weighted by Crippen LogP contribution is 2.47. The summed E-state index contributed by atoms with van der Waals surface area (Å²) in [6.45, 7) is 2.65. The van der Waals surface area contributed by atoms with Gasteiger partial charge in [-0.05, 0) is 48.9 Å². The highest BCUT2D eigenvalue weighted by atomic mass is 35.5. The Morgan fingerprint density at radius 1 is 1.20 bits per heavy atom. The van der Waals surface area contributed by atoms with Gasteiger partial charge in [0.1, 0.15) is 11.5 Å². The molecule has 1 atom stereocenters. The van der Waals surface area contributed by atoms with E-state index in [1.807, 2.05) is 42.9 Å². The number of rotatable bonds is 4. The molecule has 0 bridgehead atoms. The molecule has 10 heteroatoms. The zero-order valence-corrected chi connectivity index (χ0v) is 21.4. The van der Waals surface area contributed by atoms with Gasteiger partial charge in [-0.2, -0.15) is 5.10 Å². The molecule has 3 aromatic heterocycles. The van der Waals surface area contributed by atoms with Crippen LogP contribution in [-0.2, 0) is 7.05 Å². The number of amides is 1. The first-order valence-electron chi connectivity index (χ1n) is 11.0. The quantitative estimate of drug-likeness (QED) is 0.341. The predicted octanol–water partition coefficient (Wildman–Crippen LogP) is 5.99. The lowest BCUT2D eigenvalue weighted by Gasteiger charge is -2.18. The zero-order valence-electron chi connectivity index (χ0n) is 19.0. The van der Waals surface area contributed by atoms with Gasteiger partial charge in [0.25, 0.3) is 5.91 Å². The Balaban J connectivity index is 1.50. The van der Waals surface area contributed by atoms with E-state index in [0.717, 1.165) is 40.6 Å². The number of aromatic nitrogens is 4. The molecule has 4 heterocycles. The molecule has 0 saturated heterocycles. The number of hydrogen-bond donors (Lipinski definition) is 2. The van der Waals surface area contributed by atoms with Crippen molar-refractivity contribution in [2.75, 3.05) is 22.9 Å². The largest absolute Gasteiger partial charge is 0.369 e. The van der Waals surface area contributed by atoms with E-state index in [4.69, 9.17) is 28.3 Å². The van der Waals surface area contributed by atoms with Gasteiger partial charge in [0.2, 0.25) is 0 Å². The van der Waals surface area contributed by atoms with Crippen molar-refractivity contribution in [2.24, 2.45) is 7.05 Å². The molecule has 1 aromatic carbocycles. The Kier molecular flexibility index (Phi) is 6.69. The molecule has 0 saturated carbocycles. The zero-order chi connectivity index (χ0) is 24.5. The minimum Gasteiger partial charge on any atom is -0.369 e. The molecule has 1 amide bonds. The molecular formula is C25H22Cl2N6OS. The number of fused-ring (bicyclic) bond motifs is 1. The number of nitrogens with one attached hydrogen (secondary N) is 2. The van der Waals surface area contributed by atoms with Crippen molar-refractivity contribution in [3.63, 3.8) is 0 Å². The number of anilines is 2. The average molecular weight is 525 g/mol. The molecular weight excluding hydrogens is 503 g/mol. The molecule has 1 unspecified atom stereocenters. The minimum absolute atomic E-state index is 0.0493. The van der Waals surface area contributed by atoms with Gasteiger partial charge in [0.05, 0.1) is 27.9 Å². The molecule has 0 radical (unpaired) electrons. The van der Waals surface area contributed by atoms with Crippen LogP contribution in [0.5, 0.6) is 0 Å². The summed E-state index contributed by atoms with van der Waals surface area (Å²) in [6.07, 6.45) is 3.26. The van der Waals surface area contributed by atoms with Crippen molar-refractivity contribution >= 4 is 52.4 Å². The average Bonchev–Trinajstić information content (AvgIpc) is 3.02. The van der Waals surface area contributed by atoms with Crippen LogP contribution in [0.15, 0.2) is 54.9 Å². The molecule has 4 aromatic rings. The molecule has 35 heavy (non-hydrogen) atoms. The lowest BCUT2D eigenvalue weighted by Crippen LogP contribution is -2.13. The summed E-state index contributed by atoms with van der Waals surface area (Å²) in [7, 11) is 1.91. The molecule has 0 aliphatic carbocycles. The molecule has 178 valence electrons. The normalized spacial score (nSPS) is 15.1. The third-order valence-electron chi connectivity index (χ3n) is 5.79. The van der Waals surface area contributed by atoms with Gasteiger partial charge < -0.3 is 10.6 Å². The minimum atomic E-state index is -0.247. The van der Waals surface area contributed by atoms with Crippen LogP contribution in [0.4, 0.5) is 11.5 Å². The lowest BCUT2D eigenvalue weighted by molar-refractivity contribution is 0.102. The number of carbonyl (C=O) groups is 1. The van der Waals surface area contributed by atoms with Crippen LogP contribution in [0.2, 0.25) is 10.0 Å². The van der Waals surface area contributed by atoms with Crippen molar-refractivity contribution in [1.29, 1.82) is 0 Å². The number of nitrogens with zero attached hydrogens (tertiary/aromatic N) is 4. The van der Waals surface area contributed by atoms with E-state index in [1.54, 1.807) is 42.4 Å².